The summed E-state index contributed by atoms with van der Waals surface area (Å²) < 4.78 is 6.34. The smallest absolute Gasteiger partial charge is 0.191 e. The highest BCUT2D eigenvalue weighted by molar-refractivity contribution is 6.33. The van der Waals surface area contributed by atoms with E-state index in [1.165, 1.54) is 18.5 Å². The van der Waals surface area contributed by atoms with Crippen molar-refractivity contribution in [1.82, 2.24) is 4.90 Å². The largest absolute Gasteiger partial charge is 0.372 e. The van der Waals surface area contributed by atoms with Gasteiger partial charge in [-0.25, -0.2) is 0 Å². The molecule has 2 fully saturated rings. The van der Waals surface area contributed by atoms with Crippen LogP contribution >= 0.6 is 23.2 Å². The number of para-hydroxylation sites is 2. The SMILES string of the molecule is CCN1CC(OCc2cc(Cl)ccc2Cl)(C(=O)C2CN(C3CC3)c3ccccc3N2)C1. The van der Waals surface area contributed by atoms with E-state index in [1.54, 1.807) is 12.1 Å². The van der Waals surface area contributed by atoms with E-state index in [2.05, 4.69) is 40.2 Å². The number of nitrogens with one attached hydrogen (secondary N) is 1. The number of ether oxygens (including phenoxy) is 1. The molecule has 0 aromatic heterocycles. The summed E-state index contributed by atoms with van der Waals surface area (Å²) in [6.07, 6.45) is 2.38. The van der Waals surface area contributed by atoms with Gasteiger partial charge in [-0.1, -0.05) is 42.3 Å². The van der Waals surface area contributed by atoms with Crippen LogP contribution in [0.2, 0.25) is 10.0 Å². The zero-order valence-corrected chi connectivity index (χ0v) is 19.1. The number of carbonyl (C=O) groups excluding carboxylic acids is 1. The molecule has 2 heterocycles. The average molecular weight is 460 g/mol. The molecule has 7 heteroatoms. The van der Waals surface area contributed by atoms with Crippen molar-refractivity contribution in [3.8, 4) is 0 Å². The van der Waals surface area contributed by atoms with Crippen LogP contribution in [0.25, 0.3) is 0 Å². The summed E-state index contributed by atoms with van der Waals surface area (Å²) in [6, 6.07) is 13.8. The van der Waals surface area contributed by atoms with Gasteiger partial charge in [0.25, 0.3) is 0 Å². The van der Waals surface area contributed by atoms with Crippen molar-refractivity contribution >= 4 is 40.4 Å². The van der Waals surface area contributed by atoms with Gasteiger partial charge in [0.2, 0.25) is 0 Å². The molecule has 1 atom stereocenters. The second-order valence-electron chi connectivity index (χ2n) is 8.78. The van der Waals surface area contributed by atoms with Crippen molar-refractivity contribution in [3.05, 3.63) is 58.1 Å². The van der Waals surface area contributed by atoms with Crippen molar-refractivity contribution in [2.75, 3.05) is 36.4 Å². The molecule has 5 rings (SSSR count). The number of anilines is 2. The minimum atomic E-state index is -0.833. The molecule has 0 spiro atoms. The molecule has 1 saturated carbocycles. The fraction of sp³-hybridized carbons (Fsp3) is 0.458. The zero-order valence-electron chi connectivity index (χ0n) is 17.6. The maximum absolute atomic E-state index is 13.8. The highest BCUT2D eigenvalue weighted by Crippen LogP contribution is 2.40. The van der Waals surface area contributed by atoms with Crippen LogP contribution in [-0.2, 0) is 16.1 Å². The van der Waals surface area contributed by atoms with Crippen LogP contribution in [0.1, 0.15) is 25.3 Å². The molecule has 0 bridgehead atoms. The van der Waals surface area contributed by atoms with Gasteiger partial charge >= 0.3 is 0 Å². The van der Waals surface area contributed by atoms with Gasteiger partial charge in [-0.2, -0.15) is 0 Å². The predicted octanol–water partition coefficient (Wildman–Crippen LogP) is 4.62. The van der Waals surface area contributed by atoms with Crippen molar-refractivity contribution < 1.29 is 9.53 Å². The molecule has 31 heavy (non-hydrogen) atoms. The first kappa shape index (κ1) is 21.1. The van der Waals surface area contributed by atoms with Crippen LogP contribution in [0.4, 0.5) is 11.4 Å². The number of hydrogen-bond donors (Lipinski definition) is 1. The topological polar surface area (TPSA) is 44.8 Å². The second-order valence-corrected chi connectivity index (χ2v) is 9.63. The lowest BCUT2D eigenvalue weighted by Crippen LogP contribution is -2.70. The summed E-state index contributed by atoms with van der Waals surface area (Å²) in [6.45, 7) is 5.14. The Balaban J connectivity index is 1.37. The number of likely N-dealkylation sites (tertiary alicyclic amines) is 1. The molecule has 164 valence electrons. The predicted molar refractivity (Wildman–Crippen MR) is 125 cm³/mol. The van der Waals surface area contributed by atoms with Crippen LogP contribution in [-0.4, -0.2) is 54.5 Å². The molecular formula is C24H27Cl2N3O2. The third kappa shape index (κ3) is 4.05. The van der Waals surface area contributed by atoms with E-state index in [9.17, 15) is 4.79 Å². The van der Waals surface area contributed by atoms with E-state index in [-0.39, 0.29) is 18.4 Å². The second kappa shape index (κ2) is 8.28. The Bertz CT molecular complexity index is 989. The number of rotatable bonds is 7. The Morgan fingerprint density at radius 1 is 1.19 bits per heavy atom. The molecule has 2 aliphatic heterocycles. The van der Waals surface area contributed by atoms with Crippen molar-refractivity contribution in [3.63, 3.8) is 0 Å². The maximum atomic E-state index is 13.8. The normalized spacial score (nSPS) is 22.4. The summed E-state index contributed by atoms with van der Waals surface area (Å²) >= 11 is 12.5. The minimum absolute atomic E-state index is 0.121. The maximum Gasteiger partial charge on any atom is 0.191 e. The van der Waals surface area contributed by atoms with Crippen LogP contribution in [0.3, 0.4) is 0 Å². The Labute approximate surface area is 193 Å². The number of hydrogen-bond acceptors (Lipinski definition) is 5. The van der Waals surface area contributed by atoms with Gasteiger partial charge in [-0.05, 0) is 55.3 Å². The lowest BCUT2D eigenvalue weighted by molar-refractivity contribution is -0.175. The standard InChI is InChI=1S/C24H27Cl2N3O2/c1-2-28-14-24(15-28,31-13-16-11-17(25)7-10-19(16)26)23(30)21-12-29(18-8-9-18)22-6-4-3-5-20(22)27-21/h3-7,10-11,18,21,27H,2,8-9,12-15H2,1H3. The molecule has 2 aromatic carbocycles. The molecule has 3 aliphatic rings. The van der Waals surface area contributed by atoms with Crippen LogP contribution in [0.5, 0.6) is 0 Å². The summed E-state index contributed by atoms with van der Waals surface area (Å²) in [5.74, 6) is 0.121. The van der Waals surface area contributed by atoms with Crippen LogP contribution in [0.15, 0.2) is 42.5 Å². The number of nitrogens with zero attached hydrogens (tertiary/aromatic N) is 2. The molecule has 1 saturated heterocycles. The Morgan fingerprint density at radius 2 is 1.97 bits per heavy atom. The first-order valence-corrected chi connectivity index (χ1v) is 11.7. The first-order chi connectivity index (χ1) is 15.0. The third-order valence-corrected chi connectivity index (χ3v) is 7.20. The Morgan fingerprint density at radius 3 is 2.71 bits per heavy atom. The summed E-state index contributed by atoms with van der Waals surface area (Å²) in [5, 5.41) is 4.71. The van der Waals surface area contributed by atoms with E-state index in [1.807, 2.05) is 12.1 Å². The summed E-state index contributed by atoms with van der Waals surface area (Å²) in [5.41, 5.74) is 2.19. The van der Waals surface area contributed by atoms with Crippen molar-refractivity contribution in [2.24, 2.45) is 0 Å². The number of carbonyl (C=O) groups is 1. The molecule has 1 aliphatic carbocycles. The molecule has 0 amide bonds. The van der Waals surface area contributed by atoms with Gasteiger partial charge in [0.15, 0.2) is 11.4 Å². The molecule has 0 radical (unpaired) electrons. The van der Waals surface area contributed by atoms with Gasteiger partial charge < -0.3 is 15.0 Å². The number of fused-ring (bicyclic) bond motifs is 1. The van der Waals surface area contributed by atoms with Gasteiger partial charge in [0.1, 0.15) is 6.04 Å². The van der Waals surface area contributed by atoms with Gasteiger partial charge in [-0.15, -0.1) is 0 Å². The minimum Gasteiger partial charge on any atom is -0.372 e. The fourth-order valence-electron chi connectivity index (χ4n) is 4.66. The number of benzene rings is 2. The molecular weight excluding hydrogens is 433 g/mol. The van der Waals surface area contributed by atoms with E-state index >= 15 is 0 Å². The molecule has 1 N–H and O–H groups in total. The Kier molecular flexibility index (Phi) is 5.63. The highest BCUT2D eigenvalue weighted by atomic mass is 35.5. The van der Waals surface area contributed by atoms with Crippen molar-refractivity contribution in [1.29, 1.82) is 0 Å². The molecule has 1 unspecified atom stereocenters. The fourth-order valence-corrected chi connectivity index (χ4v) is 5.03. The lowest BCUT2D eigenvalue weighted by atomic mass is 9.84. The van der Waals surface area contributed by atoms with Crippen LogP contribution in [0, 0.1) is 0 Å². The van der Waals surface area contributed by atoms with Gasteiger partial charge in [0.05, 0.1) is 18.0 Å². The van der Waals surface area contributed by atoms with E-state index in [0.29, 0.717) is 35.7 Å². The Hall–Kier alpha value is -1.79. The van der Waals surface area contributed by atoms with Crippen LogP contribution < -0.4 is 10.2 Å². The first-order valence-electron chi connectivity index (χ1n) is 11.0. The summed E-state index contributed by atoms with van der Waals surface area (Å²) in [7, 11) is 0. The summed E-state index contributed by atoms with van der Waals surface area (Å²) in [4.78, 5) is 18.5. The van der Waals surface area contributed by atoms with E-state index < -0.39 is 5.60 Å². The molecule has 2 aromatic rings. The van der Waals surface area contributed by atoms with Crippen molar-refractivity contribution in [2.45, 2.75) is 44.1 Å². The monoisotopic (exact) mass is 459 g/mol. The quantitative estimate of drug-likeness (QED) is 0.654. The van der Waals surface area contributed by atoms with E-state index in [0.717, 1.165) is 17.8 Å². The zero-order chi connectivity index (χ0) is 21.6. The van der Waals surface area contributed by atoms with Gasteiger partial charge in [-0.3, -0.25) is 9.69 Å². The lowest BCUT2D eigenvalue weighted by Gasteiger charge is -2.50. The highest BCUT2D eigenvalue weighted by Gasteiger charge is 2.53. The number of ketones is 1. The number of halogens is 2. The number of Topliss-reactive ketones (excluding diaryl/α,β-unsaturated/α-hetero) is 1. The average Bonchev–Trinajstić information content (AvgIpc) is 3.59. The van der Waals surface area contributed by atoms with E-state index in [4.69, 9.17) is 27.9 Å². The molecule has 5 nitrogen and oxygen atoms in total. The van der Waals surface area contributed by atoms with Gasteiger partial charge in [0, 0.05) is 35.7 Å². The third-order valence-electron chi connectivity index (χ3n) is 6.59. The number of likely N-dealkylation sites (N-methyl/N-ethyl adjacent to an activating group) is 1.